The molecule has 0 unspecified atom stereocenters. The van der Waals surface area contributed by atoms with E-state index < -0.39 is 31.1 Å². The number of pyridine rings is 2. The molecular formula is C45H50ClF3N6O6Si. The summed E-state index contributed by atoms with van der Waals surface area (Å²) >= 11 is 7.03. The number of alkyl halides is 3. The van der Waals surface area contributed by atoms with Crippen molar-refractivity contribution in [2.45, 2.75) is 58.4 Å². The molecule has 12 nitrogen and oxygen atoms in total. The number of H-pyrrole nitrogens is 1. The maximum absolute atomic E-state index is 15.1. The normalized spacial score (nSPS) is 11.8. The van der Waals surface area contributed by atoms with Crippen molar-refractivity contribution in [3.8, 4) is 34.3 Å². The standard InChI is InChI=1S/C45H50ClF3N6O6Si/c1-29-19-38(55(25-30-7-11-33(57-2)12-8-30)26-31-9-13-34(58-3)14-10-31)54-42(40(29)45(47,48)49)36-21-37-39(44(56)53-27-52-37)43(41(36)46)60-16-15-50-22-32-20-35(24-51-23-32)61-28-59-17-18-62(4,5)6/h7-14,19-21,23-24,27,50H,15-18,22,25-26,28H2,1-6H3,(H,52,53,56). The summed E-state index contributed by atoms with van der Waals surface area (Å²) < 4.78 is 73.5. The zero-order chi connectivity index (χ0) is 44.4. The molecule has 0 aliphatic carbocycles. The van der Waals surface area contributed by atoms with E-state index in [9.17, 15) is 4.79 Å². The summed E-state index contributed by atoms with van der Waals surface area (Å²) in [7, 11) is 1.93. The first-order valence-corrected chi connectivity index (χ1v) is 24.0. The number of halogens is 4. The van der Waals surface area contributed by atoms with Crippen LogP contribution < -0.4 is 34.7 Å². The average molecular weight is 891 g/mol. The number of aromatic amines is 1. The predicted octanol–water partition coefficient (Wildman–Crippen LogP) is 9.44. The van der Waals surface area contributed by atoms with Gasteiger partial charge < -0.3 is 38.9 Å². The van der Waals surface area contributed by atoms with Crippen molar-refractivity contribution in [1.29, 1.82) is 0 Å². The van der Waals surface area contributed by atoms with E-state index in [2.05, 4.69) is 39.9 Å². The molecule has 62 heavy (non-hydrogen) atoms. The van der Waals surface area contributed by atoms with Gasteiger partial charge in [-0.3, -0.25) is 9.78 Å². The number of aryl methyl sites for hydroxylation is 1. The Bertz CT molecular complexity index is 2450. The van der Waals surface area contributed by atoms with E-state index >= 15 is 13.2 Å². The number of rotatable bonds is 20. The first-order chi connectivity index (χ1) is 29.6. The molecule has 3 aromatic heterocycles. The molecule has 0 atom stereocenters. The highest BCUT2D eigenvalue weighted by Gasteiger charge is 2.38. The van der Waals surface area contributed by atoms with Crippen molar-refractivity contribution >= 4 is 36.4 Å². The summed E-state index contributed by atoms with van der Waals surface area (Å²) in [6, 6.07) is 20.4. The molecule has 0 saturated heterocycles. The Kier molecular flexibility index (Phi) is 15.1. The number of fused-ring (bicyclic) bond motifs is 1. The SMILES string of the molecule is COc1ccc(CN(Cc2ccc(OC)cc2)c2cc(C)c(C(F)(F)F)c(-c3cc4nc[nH]c(=O)c4c(OCCNCc4cncc(OCOCC[Si](C)(C)C)c4)c3Cl)n2)cc1. The van der Waals surface area contributed by atoms with Gasteiger partial charge in [0.2, 0.25) is 0 Å². The first kappa shape index (κ1) is 45.8. The highest BCUT2D eigenvalue weighted by Crippen LogP contribution is 2.46. The summed E-state index contributed by atoms with van der Waals surface area (Å²) in [5, 5.41) is 3.03. The molecular weight excluding hydrogens is 841 g/mol. The van der Waals surface area contributed by atoms with E-state index in [1.165, 1.54) is 25.4 Å². The van der Waals surface area contributed by atoms with Crippen LogP contribution in [0.2, 0.25) is 30.7 Å². The fourth-order valence-corrected chi connectivity index (χ4v) is 7.67. The minimum atomic E-state index is -4.83. The summed E-state index contributed by atoms with van der Waals surface area (Å²) in [5.74, 6) is 2.03. The van der Waals surface area contributed by atoms with Crippen molar-refractivity contribution in [3.05, 3.63) is 129 Å². The maximum atomic E-state index is 15.1. The van der Waals surface area contributed by atoms with Crippen LogP contribution >= 0.6 is 11.6 Å². The van der Waals surface area contributed by atoms with Gasteiger partial charge in [0, 0.05) is 52.6 Å². The van der Waals surface area contributed by atoms with Crippen LogP contribution in [0.4, 0.5) is 19.0 Å². The van der Waals surface area contributed by atoms with Crippen molar-refractivity contribution < 1.29 is 36.9 Å². The number of hydrogen-bond donors (Lipinski definition) is 2. The van der Waals surface area contributed by atoms with Gasteiger partial charge in [0.05, 0.1) is 48.5 Å². The Morgan fingerprint density at radius 1 is 0.855 bits per heavy atom. The third-order valence-corrected chi connectivity index (χ3v) is 12.0. The molecule has 0 saturated carbocycles. The van der Waals surface area contributed by atoms with Gasteiger partial charge in [-0.25, -0.2) is 9.97 Å². The van der Waals surface area contributed by atoms with Crippen molar-refractivity contribution in [3.63, 3.8) is 0 Å². The highest BCUT2D eigenvalue weighted by molar-refractivity contribution is 6.76. The minimum absolute atomic E-state index is 0.00270. The molecule has 0 radical (unpaired) electrons. The van der Waals surface area contributed by atoms with Crippen LogP contribution in [0, 0.1) is 6.92 Å². The number of hydrogen-bond acceptors (Lipinski definition) is 11. The number of anilines is 1. The van der Waals surface area contributed by atoms with E-state index in [1.54, 1.807) is 26.6 Å². The summed E-state index contributed by atoms with van der Waals surface area (Å²) in [5.41, 5.74) is 0.489. The predicted molar refractivity (Wildman–Crippen MR) is 237 cm³/mol. The van der Waals surface area contributed by atoms with Gasteiger partial charge in [-0.05, 0) is 77.7 Å². The third kappa shape index (κ3) is 12.0. The Balaban J connectivity index is 1.29. The fourth-order valence-electron chi connectivity index (χ4n) is 6.62. The number of nitrogens with zero attached hydrogens (tertiary/aromatic N) is 4. The second-order valence-electron chi connectivity index (χ2n) is 15.8. The van der Waals surface area contributed by atoms with Gasteiger partial charge >= 0.3 is 6.18 Å². The van der Waals surface area contributed by atoms with Crippen LogP contribution in [0.15, 0.2) is 90.2 Å². The monoisotopic (exact) mass is 890 g/mol. The fraction of sp³-hybridized carbons (Fsp3) is 0.333. The van der Waals surface area contributed by atoms with Gasteiger partial charge in [-0.2, -0.15) is 13.2 Å². The Labute approximate surface area is 364 Å². The smallest absolute Gasteiger partial charge is 0.418 e. The van der Waals surface area contributed by atoms with Crippen LogP contribution in [-0.4, -0.2) is 68.8 Å². The summed E-state index contributed by atoms with van der Waals surface area (Å²) in [4.78, 5) is 30.9. The van der Waals surface area contributed by atoms with Crippen LogP contribution in [-0.2, 0) is 30.5 Å². The lowest BCUT2D eigenvalue weighted by molar-refractivity contribution is -0.137. The Morgan fingerprint density at radius 2 is 1.52 bits per heavy atom. The molecule has 0 amide bonds. The zero-order valence-corrected chi connectivity index (χ0v) is 37.2. The van der Waals surface area contributed by atoms with Gasteiger partial charge in [0.15, 0.2) is 12.5 Å². The number of ether oxygens (including phenoxy) is 5. The zero-order valence-electron chi connectivity index (χ0n) is 35.5. The van der Waals surface area contributed by atoms with Gasteiger partial charge in [0.25, 0.3) is 5.56 Å². The van der Waals surface area contributed by atoms with Crippen LogP contribution in [0.5, 0.6) is 23.0 Å². The maximum Gasteiger partial charge on any atom is 0.418 e. The lowest BCUT2D eigenvalue weighted by Crippen LogP contribution is -2.24. The summed E-state index contributed by atoms with van der Waals surface area (Å²) in [6.07, 6.45) is -0.354. The lowest BCUT2D eigenvalue weighted by Gasteiger charge is -2.27. The summed E-state index contributed by atoms with van der Waals surface area (Å²) in [6.45, 7) is 10.2. The van der Waals surface area contributed by atoms with Crippen molar-refractivity contribution in [1.82, 2.24) is 25.3 Å². The largest absolute Gasteiger partial charge is 0.497 e. The second kappa shape index (κ2) is 20.5. The molecule has 0 aliphatic rings. The molecule has 0 fully saturated rings. The minimum Gasteiger partial charge on any atom is -0.497 e. The van der Waals surface area contributed by atoms with Gasteiger partial charge in [-0.15, -0.1) is 0 Å². The van der Waals surface area contributed by atoms with Crippen molar-refractivity contribution in [2.75, 3.05) is 45.7 Å². The molecule has 3 heterocycles. The molecule has 6 rings (SSSR count). The molecule has 6 aromatic rings. The van der Waals surface area contributed by atoms with Crippen LogP contribution in [0.25, 0.3) is 22.2 Å². The van der Waals surface area contributed by atoms with Crippen molar-refractivity contribution in [2.24, 2.45) is 0 Å². The van der Waals surface area contributed by atoms with E-state index in [1.807, 2.05) is 59.5 Å². The highest BCUT2D eigenvalue weighted by atomic mass is 35.5. The van der Waals surface area contributed by atoms with Crippen LogP contribution in [0.3, 0.4) is 0 Å². The van der Waals surface area contributed by atoms with E-state index in [0.717, 1.165) is 22.7 Å². The second-order valence-corrected chi connectivity index (χ2v) is 21.8. The van der Waals surface area contributed by atoms with E-state index in [0.29, 0.717) is 30.4 Å². The molecule has 2 N–H and O–H groups in total. The molecule has 0 spiro atoms. The molecule has 3 aromatic carbocycles. The first-order valence-electron chi connectivity index (χ1n) is 19.9. The Hall–Kier alpha value is -5.68. The average Bonchev–Trinajstić information content (AvgIpc) is 3.23. The number of methoxy groups -OCH3 is 2. The molecule has 0 bridgehead atoms. The van der Waals surface area contributed by atoms with E-state index in [-0.39, 0.29) is 71.7 Å². The number of benzene rings is 3. The molecule has 328 valence electrons. The van der Waals surface area contributed by atoms with Gasteiger partial charge in [-0.1, -0.05) is 55.5 Å². The quantitative estimate of drug-likeness (QED) is 0.0432. The number of aromatic nitrogens is 4. The van der Waals surface area contributed by atoms with Crippen LogP contribution in [0.1, 0.15) is 27.8 Å². The van der Waals surface area contributed by atoms with E-state index in [4.69, 9.17) is 40.3 Å². The number of nitrogens with one attached hydrogen (secondary N) is 2. The lowest BCUT2D eigenvalue weighted by atomic mass is 9.99. The Morgan fingerprint density at radius 3 is 2.13 bits per heavy atom. The third-order valence-electron chi connectivity index (χ3n) is 9.89. The van der Waals surface area contributed by atoms with Gasteiger partial charge in [0.1, 0.15) is 35.1 Å². The molecule has 0 aliphatic heterocycles. The topological polar surface area (TPSA) is 133 Å². The molecule has 17 heteroatoms.